The topological polar surface area (TPSA) is 78.9 Å². The van der Waals surface area contributed by atoms with Crippen LogP contribution >= 0.6 is 0 Å². The Morgan fingerprint density at radius 3 is 0.707 bits per heavy atom. The second kappa shape index (κ2) is 70.6. The molecule has 1 unspecified atom stereocenters. The second-order valence-electron chi connectivity index (χ2n) is 24.5. The Morgan fingerprint density at radius 1 is 0.244 bits per heavy atom. The molecule has 1 atom stereocenters. The molecule has 0 bridgehead atoms. The summed E-state index contributed by atoms with van der Waals surface area (Å²) in [6.45, 7) is 6.67. The maximum Gasteiger partial charge on any atom is 0.306 e. The van der Waals surface area contributed by atoms with Crippen LogP contribution in [0.3, 0.4) is 0 Å². The first-order chi connectivity index (χ1) is 40.5. The van der Waals surface area contributed by atoms with Gasteiger partial charge in [0, 0.05) is 19.3 Å². The number of esters is 3. The molecule has 0 heterocycles. The summed E-state index contributed by atoms with van der Waals surface area (Å²) >= 11 is 0. The van der Waals surface area contributed by atoms with E-state index >= 15 is 0 Å². The van der Waals surface area contributed by atoms with Gasteiger partial charge in [0.1, 0.15) is 13.2 Å². The molecule has 0 aromatic rings. The van der Waals surface area contributed by atoms with Gasteiger partial charge in [-0.2, -0.15) is 0 Å². The predicted molar refractivity (Wildman–Crippen MR) is 358 cm³/mol. The minimum absolute atomic E-state index is 0.0711. The van der Waals surface area contributed by atoms with Crippen LogP contribution in [0.15, 0.2) is 60.8 Å². The van der Waals surface area contributed by atoms with Crippen LogP contribution in [0.5, 0.6) is 0 Å². The van der Waals surface area contributed by atoms with Gasteiger partial charge in [-0.15, -0.1) is 0 Å². The molecule has 478 valence electrons. The molecule has 0 aromatic heterocycles. The lowest BCUT2D eigenvalue weighted by molar-refractivity contribution is -0.167. The van der Waals surface area contributed by atoms with E-state index < -0.39 is 6.10 Å². The number of ether oxygens (including phenoxy) is 3. The molecule has 0 spiro atoms. The van der Waals surface area contributed by atoms with Crippen LogP contribution in [-0.2, 0) is 28.6 Å². The average Bonchev–Trinajstić information content (AvgIpc) is 3.47. The van der Waals surface area contributed by atoms with Crippen LogP contribution in [0.25, 0.3) is 0 Å². The van der Waals surface area contributed by atoms with E-state index in [-0.39, 0.29) is 31.1 Å². The third-order valence-corrected chi connectivity index (χ3v) is 16.2. The Bertz CT molecular complexity index is 1460. The van der Waals surface area contributed by atoms with Crippen LogP contribution in [0.2, 0.25) is 0 Å². The first kappa shape index (κ1) is 79.1. The lowest BCUT2D eigenvalue weighted by Gasteiger charge is -2.18. The van der Waals surface area contributed by atoms with E-state index in [1.165, 1.54) is 270 Å². The standard InChI is InChI=1S/C76H138O6/c1-4-7-10-13-16-19-22-25-28-31-33-34-35-36-37-38-39-40-41-42-44-45-48-51-54-57-60-63-66-69-75(78)81-72-73(71-80-74(77)68-65-62-59-56-53-50-47-30-27-24-21-18-15-12-9-6-3)82-76(79)70-67-64-61-58-55-52-49-46-43-32-29-26-23-20-17-14-11-8-5-2/h17,20,22,25-26,29,31,33,35-36,73H,4-16,18-19,21,23-24,27-28,30,32,34,37-72H2,1-3H3/b20-17-,25-22-,29-26-,33-31-,36-35-. The quantitative estimate of drug-likeness (QED) is 0.0261. The monoisotopic (exact) mass is 1150 g/mol. The summed E-state index contributed by atoms with van der Waals surface area (Å²) in [4.78, 5) is 38.5. The molecule has 0 saturated heterocycles. The van der Waals surface area contributed by atoms with Crippen LogP contribution < -0.4 is 0 Å². The second-order valence-corrected chi connectivity index (χ2v) is 24.5. The molecule has 0 saturated carbocycles. The summed E-state index contributed by atoms with van der Waals surface area (Å²) in [7, 11) is 0. The number of rotatable bonds is 67. The molecule has 0 radical (unpaired) electrons. The van der Waals surface area contributed by atoms with Gasteiger partial charge < -0.3 is 14.2 Å². The van der Waals surface area contributed by atoms with E-state index in [0.717, 1.165) is 77.0 Å². The van der Waals surface area contributed by atoms with E-state index in [1.54, 1.807) is 0 Å². The highest BCUT2D eigenvalue weighted by atomic mass is 16.6. The maximum atomic E-state index is 13.0. The molecule has 0 aliphatic heterocycles. The number of hydrogen-bond acceptors (Lipinski definition) is 6. The highest BCUT2D eigenvalue weighted by Gasteiger charge is 2.19. The summed E-state index contributed by atoms with van der Waals surface area (Å²) in [5.41, 5.74) is 0. The van der Waals surface area contributed by atoms with Gasteiger partial charge in [0.15, 0.2) is 6.10 Å². The molecular weight excluding hydrogens is 1010 g/mol. The lowest BCUT2D eigenvalue weighted by atomic mass is 10.0. The number of carbonyl (C=O) groups is 3. The fourth-order valence-corrected chi connectivity index (χ4v) is 10.8. The summed E-state index contributed by atoms with van der Waals surface area (Å²) in [5.74, 6) is -0.850. The maximum absolute atomic E-state index is 13.0. The summed E-state index contributed by atoms with van der Waals surface area (Å²) in [5, 5.41) is 0. The molecule has 0 aromatic carbocycles. The Morgan fingerprint density at radius 2 is 0.439 bits per heavy atom. The number of allylic oxidation sites excluding steroid dienone is 10. The summed E-state index contributed by atoms with van der Waals surface area (Å²) in [6, 6.07) is 0. The van der Waals surface area contributed by atoms with Gasteiger partial charge in [0.25, 0.3) is 0 Å². The van der Waals surface area contributed by atoms with Crippen molar-refractivity contribution in [2.24, 2.45) is 0 Å². The molecule has 0 rings (SSSR count). The fourth-order valence-electron chi connectivity index (χ4n) is 10.8. The molecule has 0 amide bonds. The number of hydrogen-bond donors (Lipinski definition) is 0. The summed E-state index contributed by atoms with van der Waals surface area (Å²) < 4.78 is 17.0. The zero-order valence-electron chi connectivity index (χ0n) is 55.0. The first-order valence-corrected chi connectivity index (χ1v) is 36.3. The highest BCUT2D eigenvalue weighted by molar-refractivity contribution is 5.71. The molecule has 0 fully saturated rings. The average molecular weight is 1150 g/mol. The third-order valence-electron chi connectivity index (χ3n) is 16.2. The minimum atomic E-state index is -0.776. The van der Waals surface area contributed by atoms with Crippen molar-refractivity contribution in [2.45, 2.75) is 393 Å². The molecule has 0 aliphatic carbocycles. The van der Waals surface area contributed by atoms with E-state index in [4.69, 9.17) is 14.2 Å². The molecular formula is C76H138O6. The van der Waals surface area contributed by atoms with Crippen molar-refractivity contribution in [3.63, 3.8) is 0 Å². The Labute approximate surface area is 510 Å². The van der Waals surface area contributed by atoms with Crippen molar-refractivity contribution in [2.75, 3.05) is 13.2 Å². The zero-order chi connectivity index (χ0) is 59.2. The van der Waals surface area contributed by atoms with Crippen LogP contribution in [-0.4, -0.2) is 37.2 Å². The first-order valence-electron chi connectivity index (χ1n) is 36.3. The van der Waals surface area contributed by atoms with Gasteiger partial charge in [-0.3, -0.25) is 14.4 Å². The van der Waals surface area contributed by atoms with Crippen molar-refractivity contribution >= 4 is 17.9 Å². The van der Waals surface area contributed by atoms with Crippen molar-refractivity contribution in [1.82, 2.24) is 0 Å². The Balaban J connectivity index is 4.26. The molecule has 6 nitrogen and oxygen atoms in total. The van der Waals surface area contributed by atoms with Crippen molar-refractivity contribution in [3.05, 3.63) is 60.8 Å². The number of unbranched alkanes of at least 4 members (excludes halogenated alkanes) is 46. The SMILES string of the molecule is CCCCC/C=C\C/C=C\CCCCCCCCCCCC(=O)OC(COC(=O)CCCCCCCCCCCCCCCC/C=C\C/C=C\C/C=C\CCCCCCC)COC(=O)CCCCCCCCCCCCCCCCCC. The van der Waals surface area contributed by atoms with Gasteiger partial charge >= 0.3 is 17.9 Å². The van der Waals surface area contributed by atoms with Gasteiger partial charge in [0.05, 0.1) is 0 Å². The third kappa shape index (κ3) is 67.9. The van der Waals surface area contributed by atoms with Crippen molar-refractivity contribution in [3.8, 4) is 0 Å². The summed E-state index contributed by atoms with van der Waals surface area (Å²) in [6.07, 6.45) is 91.0. The van der Waals surface area contributed by atoms with Crippen LogP contribution in [0.4, 0.5) is 0 Å². The van der Waals surface area contributed by atoms with Crippen molar-refractivity contribution in [1.29, 1.82) is 0 Å². The normalized spacial score (nSPS) is 12.4. The van der Waals surface area contributed by atoms with Gasteiger partial charge in [-0.1, -0.05) is 338 Å². The van der Waals surface area contributed by atoms with E-state index in [2.05, 4.69) is 81.5 Å². The van der Waals surface area contributed by atoms with Gasteiger partial charge in [-0.05, 0) is 89.9 Å². The fraction of sp³-hybridized carbons (Fsp3) is 0.829. The minimum Gasteiger partial charge on any atom is -0.462 e. The van der Waals surface area contributed by atoms with E-state index in [9.17, 15) is 14.4 Å². The molecule has 82 heavy (non-hydrogen) atoms. The van der Waals surface area contributed by atoms with E-state index in [0.29, 0.717) is 19.3 Å². The van der Waals surface area contributed by atoms with Crippen LogP contribution in [0.1, 0.15) is 387 Å². The molecule has 0 aliphatic rings. The van der Waals surface area contributed by atoms with E-state index in [1.807, 2.05) is 0 Å². The largest absolute Gasteiger partial charge is 0.462 e. The van der Waals surface area contributed by atoms with Crippen molar-refractivity contribution < 1.29 is 28.6 Å². The highest BCUT2D eigenvalue weighted by Crippen LogP contribution is 2.18. The predicted octanol–water partition coefficient (Wildman–Crippen LogP) is 25.1. The smallest absolute Gasteiger partial charge is 0.306 e. The molecule has 0 N–H and O–H groups in total. The Kier molecular flexibility index (Phi) is 68.1. The van der Waals surface area contributed by atoms with Gasteiger partial charge in [0.2, 0.25) is 0 Å². The number of carbonyl (C=O) groups excluding carboxylic acids is 3. The Hall–Kier alpha value is -2.89. The zero-order valence-corrected chi connectivity index (χ0v) is 55.0. The van der Waals surface area contributed by atoms with Crippen LogP contribution in [0, 0.1) is 0 Å². The lowest BCUT2D eigenvalue weighted by Crippen LogP contribution is -2.30. The van der Waals surface area contributed by atoms with Gasteiger partial charge in [-0.25, -0.2) is 0 Å². The molecule has 6 heteroatoms.